The molecule has 35 heavy (non-hydrogen) atoms. The molecule has 3 nitrogen and oxygen atoms in total. The smallest absolute Gasteiger partial charge is 0.341 e. The predicted molar refractivity (Wildman–Crippen MR) is 124 cm³/mol. The molecule has 0 atom stereocenters. The van der Waals surface area contributed by atoms with Crippen LogP contribution < -0.4 is 4.74 Å². The van der Waals surface area contributed by atoms with Crippen molar-refractivity contribution in [1.29, 1.82) is 0 Å². The van der Waals surface area contributed by atoms with Crippen LogP contribution in [0.4, 0.5) is 17.6 Å². The molecule has 0 heterocycles. The largest absolute Gasteiger partial charge is 0.491 e. The number of esters is 1. The summed E-state index contributed by atoms with van der Waals surface area (Å²) in [4.78, 5) is 12.4. The minimum absolute atomic E-state index is 0.155. The summed E-state index contributed by atoms with van der Waals surface area (Å²) in [5.74, 6) is -5.77. The van der Waals surface area contributed by atoms with Crippen molar-refractivity contribution in [3.05, 3.63) is 88.5 Å². The lowest BCUT2D eigenvalue weighted by atomic mass is 9.82. The van der Waals surface area contributed by atoms with Gasteiger partial charge in [0.25, 0.3) is 0 Å². The Bertz CT molecular complexity index is 1220. The molecule has 184 valence electrons. The summed E-state index contributed by atoms with van der Waals surface area (Å²) >= 11 is 0. The second-order valence-electron chi connectivity index (χ2n) is 8.75. The van der Waals surface area contributed by atoms with Crippen molar-refractivity contribution in [3.8, 4) is 16.9 Å². The number of carbonyl (C=O) groups excluding carboxylic acids is 1. The van der Waals surface area contributed by atoms with Crippen LogP contribution in [0.15, 0.2) is 48.5 Å². The Hall–Kier alpha value is -3.35. The van der Waals surface area contributed by atoms with E-state index in [9.17, 15) is 22.4 Å². The Morgan fingerprint density at radius 3 is 2.17 bits per heavy atom. The van der Waals surface area contributed by atoms with Gasteiger partial charge in [0.15, 0.2) is 23.2 Å². The molecule has 0 aliphatic heterocycles. The van der Waals surface area contributed by atoms with E-state index in [4.69, 9.17) is 9.47 Å². The SMILES string of the molecule is CCOc1ccc(C(=O)OC2CCC(c3ccc(-c4ccc(C)cc4)c(F)c3F)CC2)c(F)c1F. The first-order valence-electron chi connectivity index (χ1n) is 11.7. The van der Waals surface area contributed by atoms with Gasteiger partial charge in [0.05, 0.1) is 12.2 Å². The van der Waals surface area contributed by atoms with E-state index in [2.05, 4.69) is 0 Å². The number of hydrogen-bond donors (Lipinski definition) is 0. The topological polar surface area (TPSA) is 35.5 Å². The Labute approximate surface area is 201 Å². The zero-order valence-corrected chi connectivity index (χ0v) is 19.5. The summed E-state index contributed by atoms with van der Waals surface area (Å²) < 4.78 is 68.6. The first-order chi connectivity index (χ1) is 16.8. The van der Waals surface area contributed by atoms with E-state index in [1.807, 2.05) is 19.1 Å². The van der Waals surface area contributed by atoms with Crippen LogP contribution in [0.2, 0.25) is 0 Å². The third kappa shape index (κ3) is 5.19. The summed E-state index contributed by atoms with van der Waals surface area (Å²) in [6, 6.07) is 12.7. The second-order valence-corrected chi connectivity index (χ2v) is 8.75. The number of aryl methyl sites for hydroxylation is 1. The van der Waals surface area contributed by atoms with Crippen LogP contribution in [0.5, 0.6) is 5.75 Å². The lowest BCUT2D eigenvalue weighted by molar-refractivity contribution is 0.0188. The highest BCUT2D eigenvalue weighted by molar-refractivity contribution is 5.90. The standard InChI is InChI=1S/C28H26F4O3/c1-3-34-23-15-14-22(26(31)27(23)32)28(33)35-19-10-8-18(9-11-19)21-13-12-20(24(29)25(21)30)17-6-4-16(2)5-7-17/h4-7,12-15,18-19H,3,8-11H2,1-2H3. The minimum atomic E-state index is -1.32. The summed E-state index contributed by atoms with van der Waals surface area (Å²) in [7, 11) is 0. The van der Waals surface area contributed by atoms with Gasteiger partial charge < -0.3 is 9.47 Å². The Kier molecular flexibility index (Phi) is 7.43. The fourth-order valence-corrected chi connectivity index (χ4v) is 4.50. The zero-order valence-electron chi connectivity index (χ0n) is 19.5. The van der Waals surface area contributed by atoms with Gasteiger partial charge in [-0.3, -0.25) is 0 Å². The van der Waals surface area contributed by atoms with Crippen LogP contribution in [0.3, 0.4) is 0 Å². The summed E-state index contributed by atoms with van der Waals surface area (Å²) in [6.07, 6.45) is 1.22. The van der Waals surface area contributed by atoms with Crippen LogP contribution in [-0.2, 0) is 4.74 Å². The number of ether oxygens (including phenoxy) is 2. The quantitative estimate of drug-likeness (QED) is 0.267. The van der Waals surface area contributed by atoms with Gasteiger partial charge in [-0.25, -0.2) is 18.0 Å². The molecule has 0 aromatic heterocycles. The van der Waals surface area contributed by atoms with E-state index in [-0.39, 0.29) is 23.8 Å². The van der Waals surface area contributed by atoms with Crippen LogP contribution in [0.1, 0.15) is 60.0 Å². The molecule has 1 aliphatic carbocycles. The molecule has 0 spiro atoms. The normalized spacial score (nSPS) is 17.8. The van der Waals surface area contributed by atoms with Crippen molar-refractivity contribution >= 4 is 5.97 Å². The number of carbonyl (C=O) groups is 1. The van der Waals surface area contributed by atoms with Crippen molar-refractivity contribution in [1.82, 2.24) is 0 Å². The van der Waals surface area contributed by atoms with E-state index in [1.54, 1.807) is 31.2 Å². The van der Waals surface area contributed by atoms with Gasteiger partial charge in [0.1, 0.15) is 6.10 Å². The van der Waals surface area contributed by atoms with Crippen LogP contribution in [0, 0.1) is 30.2 Å². The van der Waals surface area contributed by atoms with E-state index in [1.165, 1.54) is 6.07 Å². The summed E-state index contributed by atoms with van der Waals surface area (Å²) in [6.45, 7) is 3.71. The van der Waals surface area contributed by atoms with E-state index >= 15 is 0 Å². The van der Waals surface area contributed by atoms with Gasteiger partial charge >= 0.3 is 5.97 Å². The number of benzene rings is 3. The van der Waals surface area contributed by atoms with Gasteiger partial charge in [0, 0.05) is 5.56 Å². The van der Waals surface area contributed by atoms with Gasteiger partial charge in [-0.1, -0.05) is 42.0 Å². The van der Waals surface area contributed by atoms with Crippen molar-refractivity contribution in [2.24, 2.45) is 0 Å². The van der Waals surface area contributed by atoms with E-state index < -0.39 is 40.9 Å². The first kappa shape index (κ1) is 24.8. The van der Waals surface area contributed by atoms with Gasteiger partial charge in [-0.15, -0.1) is 0 Å². The molecule has 3 aromatic carbocycles. The Morgan fingerprint density at radius 1 is 0.829 bits per heavy atom. The lowest BCUT2D eigenvalue weighted by Crippen LogP contribution is -2.25. The Morgan fingerprint density at radius 2 is 1.51 bits per heavy atom. The number of hydrogen-bond acceptors (Lipinski definition) is 3. The van der Waals surface area contributed by atoms with Crippen LogP contribution in [-0.4, -0.2) is 18.7 Å². The molecule has 0 saturated heterocycles. The maximum absolute atomic E-state index is 15.0. The molecule has 0 N–H and O–H groups in total. The van der Waals surface area contributed by atoms with Gasteiger partial charge in [-0.05, 0) is 68.7 Å². The maximum atomic E-state index is 15.0. The van der Waals surface area contributed by atoms with E-state index in [0.717, 1.165) is 11.6 Å². The molecule has 0 radical (unpaired) electrons. The second kappa shape index (κ2) is 10.5. The molecule has 1 saturated carbocycles. The average Bonchev–Trinajstić information content (AvgIpc) is 2.85. The average molecular weight is 487 g/mol. The molecule has 0 bridgehead atoms. The molecule has 0 amide bonds. The molecule has 7 heteroatoms. The monoisotopic (exact) mass is 486 g/mol. The maximum Gasteiger partial charge on any atom is 0.341 e. The Balaban J connectivity index is 1.41. The predicted octanol–water partition coefficient (Wildman–Crippen LogP) is 7.50. The molecule has 1 aliphatic rings. The van der Waals surface area contributed by atoms with Crippen LogP contribution in [0.25, 0.3) is 11.1 Å². The fraction of sp³-hybridized carbons (Fsp3) is 0.321. The highest BCUT2D eigenvalue weighted by atomic mass is 19.2. The van der Waals surface area contributed by atoms with Gasteiger partial charge in [-0.2, -0.15) is 4.39 Å². The minimum Gasteiger partial charge on any atom is -0.491 e. The fourth-order valence-electron chi connectivity index (χ4n) is 4.50. The molecule has 1 fully saturated rings. The van der Waals surface area contributed by atoms with E-state index in [0.29, 0.717) is 36.8 Å². The lowest BCUT2D eigenvalue weighted by Gasteiger charge is -2.29. The highest BCUT2D eigenvalue weighted by Gasteiger charge is 2.30. The van der Waals surface area contributed by atoms with Crippen molar-refractivity contribution in [2.45, 2.75) is 51.6 Å². The molecule has 0 unspecified atom stereocenters. The van der Waals surface area contributed by atoms with Crippen molar-refractivity contribution in [2.75, 3.05) is 6.61 Å². The molecular weight excluding hydrogens is 460 g/mol. The molecule has 4 rings (SSSR count). The highest BCUT2D eigenvalue weighted by Crippen LogP contribution is 2.38. The van der Waals surface area contributed by atoms with Crippen molar-refractivity contribution in [3.63, 3.8) is 0 Å². The van der Waals surface area contributed by atoms with Gasteiger partial charge in [0.2, 0.25) is 5.82 Å². The first-order valence-corrected chi connectivity index (χ1v) is 11.7. The van der Waals surface area contributed by atoms with Crippen LogP contribution >= 0.6 is 0 Å². The van der Waals surface area contributed by atoms with Crippen molar-refractivity contribution < 1.29 is 31.8 Å². The number of rotatable bonds is 6. The molecule has 3 aromatic rings. The summed E-state index contributed by atoms with van der Waals surface area (Å²) in [5, 5.41) is 0. The number of halogens is 4. The molecular formula is C28H26F4O3. The zero-order chi connectivity index (χ0) is 25.1. The summed E-state index contributed by atoms with van der Waals surface area (Å²) in [5.41, 5.74) is 1.63. The third-order valence-electron chi connectivity index (χ3n) is 6.43. The third-order valence-corrected chi connectivity index (χ3v) is 6.43.